The summed E-state index contributed by atoms with van der Waals surface area (Å²) >= 11 is 0. The van der Waals surface area contributed by atoms with Gasteiger partial charge in [-0.3, -0.25) is 0 Å². The van der Waals surface area contributed by atoms with Crippen molar-refractivity contribution in [3.63, 3.8) is 0 Å². The molecule has 0 aliphatic carbocycles. The summed E-state index contributed by atoms with van der Waals surface area (Å²) in [7, 11) is 0. The van der Waals surface area contributed by atoms with Gasteiger partial charge in [-0.15, -0.1) is 6.42 Å². The Morgan fingerprint density at radius 3 is 2.69 bits per heavy atom. The number of unbranched alkanes of at least 4 members (excludes halogenated alkanes) is 1. The van der Waals surface area contributed by atoms with Crippen molar-refractivity contribution in [2.45, 2.75) is 52.6 Å². The van der Waals surface area contributed by atoms with Crippen LogP contribution in [0.25, 0.3) is 0 Å². The number of nitrogens with one attached hydrogen (secondary N) is 1. The number of hydrogen-bond acceptors (Lipinski definition) is 2. The standard InChI is InChI=1S/C14H27NO/c1-5-8-9-14(7-3)12-16-13(4)11-15-10-6-2/h2,13-15H,5,7-12H2,1,3-4H3. The molecule has 94 valence electrons. The summed E-state index contributed by atoms with van der Waals surface area (Å²) in [5, 5.41) is 3.16. The minimum atomic E-state index is 0.254. The lowest BCUT2D eigenvalue weighted by Gasteiger charge is -2.19. The number of hydrogen-bond donors (Lipinski definition) is 1. The van der Waals surface area contributed by atoms with Crippen molar-refractivity contribution in [1.29, 1.82) is 0 Å². The maximum absolute atomic E-state index is 5.81. The van der Waals surface area contributed by atoms with Crippen LogP contribution in [0.15, 0.2) is 0 Å². The van der Waals surface area contributed by atoms with Crippen molar-refractivity contribution >= 4 is 0 Å². The molecular formula is C14H27NO. The van der Waals surface area contributed by atoms with Crippen LogP contribution in [0.1, 0.15) is 46.5 Å². The molecule has 2 nitrogen and oxygen atoms in total. The first kappa shape index (κ1) is 15.5. The number of ether oxygens (including phenoxy) is 1. The van der Waals surface area contributed by atoms with Crippen LogP contribution < -0.4 is 5.32 Å². The van der Waals surface area contributed by atoms with E-state index in [1.807, 2.05) is 0 Å². The van der Waals surface area contributed by atoms with E-state index in [9.17, 15) is 0 Å². The monoisotopic (exact) mass is 225 g/mol. The maximum Gasteiger partial charge on any atom is 0.0671 e. The molecule has 0 aliphatic rings. The minimum Gasteiger partial charge on any atom is -0.377 e. The van der Waals surface area contributed by atoms with Crippen LogP contribution in [0, 0.1) is 18.3 Å². The Bertz CT molecular complexity index is 186. The van der Waals surface area contributed by atoms with Crippen molar-refractivity contribution in [3.05, 3.63) is 0 Å². The second-order valence-corrected chi connectivity index (χ2v) is 4.40. The molecule has 0 spiro atoms. The quantitative estimate of drug-likeness (QED) is 0.456. The highest BCUT2D eigenvalue weighted by atomic mass is 16.5. The molecule has 0 rings (SSSR count). The fourth-order valence-corrected chi connectivity index (χ4v) is 1.60. The number of rotatable bonds is 10. The van der Waals surface area contributed by atoms with Crippen molar-refractivity contribution in [3.8, 4) is 12.3 Å². The van der Waals surface area contributed by atoms with Gasteiger partial charge in [-0.25, -0.2) is 0 Å². The van der Waals surface area contributed by atoms with Crippen LogP contribution >= 0.6 is 0 Å². The van der Waals surface area contributed by atoms with E-state index < -0.39 is 0 Å². The van der Waals surface area contributed by atoms with Crippen LogP contribution in [-0.4, -0.2) is 25.8 Å². The average Bonchev–Trinajstić information content (AvgIpc) is 2.30. The highest BCUT2D eigenvalue weighted by Crippen LogP contribution is 2.13. The maximum atomic E-state index is 5.81. The first-order valence-corrected chi connectivity index (χ1v) is 6.50. The molecule has 2 unspecified atom stereocenters. The van der Waals surface area contributed by atoms with Gasteiger partial charge in [0.15, 0.2) is 0 Å². The molecule has 0 heterocycles. The predicted molar refractivity (Wildman–Crippen MR) is 70.4 cm³/mol. The van der Waals surface area contributed by atoms with Gasteiger partial charge >= 0.3 is 0 Å². The van der Waals surface area contributed by atoms with E-state index >= 15 is 0 Å². The predicted octanol–water partition coefficient (Wildman–Crippen LogP) is 2.83. The van der Waals surface area contributed by atoms with Gasteiger partial charge in [-0.05, 0) is 19.3 Å². The van der Waals surface area contributed by atoms with E-state index in [1.54, 1.807) is 0 Å². The Kier molecular flexibility index (Phi) is 10.6. The minimum absolute atomic E-state index is 0.254. The highest BCUT2D eigenvalue weighted by Gasteiger charge is 2.08. The first-order valence-electron chi connectivity index (χ1n) is 6.50. The van der Waals surface area contributed by atoms with Crippen LogP contribution in [0.3, 0.4) is 0 Å². The Hall–Kier alpha value is -0.520. The average molecular weight is 225 g/mol. The van der Waals surface area contributed by atoms with Gasteiger partial charge in [-0.2, -0.15) is 0 Å². The summed E-state index contributed by atoms with van der Waals surface area (Å²) in [4.78, 5) is 0. The third kappa shape index (κ3) is 8.76. The molecule has 0 radical (unpaired) electrons. The summed E-state index contributed by atoms with van der Waals surface area (Å²) in [6.07, 6.45) is 10.5. The van der Waals surface area contributed by atoms with Crippen LogP contribution in [0.4, 0.5) is 0 Å². The Morgan fingerprint density at radius 2 is 2.12 bits per heavy atom. The number of terminal acetylenes is 1. The summed E-state index contributed by atoms with van der Waals surface area (Å²) in [6, 6.07) is 0. The lowest BCUT2D eigenvalue weighted by Crippen LogP contribution is -2.28. The molecule has 0 saturated carbocycles. The Labute approximate surface area is 101 Å². The second-order valence-electron chi connectivity index (χ2n) is 4.40. The van der Waals surface area contributed by atoms with E-state index in [4.69, 9.17) is 11.2 Å². The molecule has 0 aromatic rings. The molecule has 16 heavy (non-hydrogen) atoms. The first-order chi connectivity index (χ1) is 7.74. The molecule has 0 aromatic carbocycles. The zero-order valence-corrected chi connectivity index (χ0v) is 11.1. The third-order valence-electron chi connectivity index (χ3n) is 2.82. The van der Waals surface area contributed by atoms with E-state index in [0.717, 1.165) is 19.1 Å². The van der Waals surface area contributed by atoms with E-state index in [0.29, 0.717) is 6.54 Å². The molecule has 1 N–H and O–H groups in total. The fourth-order valence-electron chi connectivity index (χ4n) is 1.60. The molecule has 0 fully saturated rings. The van der Waals surface area contributed by atoms with Crippen LogP contribution in [0.5, 0.6) is 0 Å². The van der Waals surface area contributed by atoms with Gasteiger partial charge in [0.05, 0.1) is 12.6 Å². The zero-order chi connectivity index (χ0) is 12.2. The topological polar surface area (TPSA) is 21.3 Å². The SMILES string of the molecule is C#CCNCC(C)OCC(CC)CCCC. The summed E-state index contributed by atoms with van der Waals surface area (Å²) < 4.78 is 5.81. The van der Waals surface area contributed by atoms with Crippen molar-refractivity contribution in [1.82, 2.24) is 5.32 Å². The molecule has 2 heteroatoms. The van der Waals surface area contributed by atoms with Gasteiger partial charge < -0.3 is 10.1 Å². The largest absolute Gasteiger partial charge is 0.377 e. The summed E-state index contributed by atoms with van der Waals surface area (Å²) in [5.41, 5.74) is 0. The lowest BCUT2D eigenvalue weighted by atomic mass is 10.0. The van der Waals surface area contributed by atoms with Gasteiger partial charge in [0, 0.05) is 13.2 Å². The zero-order valence-electron chi connectivity index (χ0n) is 11.1. The van der Waals surface area contributed by atoms with Crippen molar-refractivity contribution < 1.29 is 4.74 Å². The lowest BCUT2D eigenvalue weighted by molar-refractivity contribution is 0.0375. The molecule has 0 saturated heterocycles. The summed E-state index contributed by atoms with van der Waals surface area (Å²) in [5.74, 6) is 3.28. The van der Waals surface area contributed by atoms with Gasteiger partial charge in [0.25, 0.3) is 0 Å². The van der Waals surface area contributed by atoms with Gasteiger partial charge in [-0.1, -0.05) is 39.0 Å². The second kappa shape index (κ2) is 11.0. The Balaban J connectivity index is 3.54. The molecule has 0 bridgehead atoms. The van der Waals surface area contributed by atoms with E-state index in [1.165, 1.54) is 25.7 Å². The van der Waals surface area contributed by atoms with Crippen LogP contribution in [0.2, 0.25) is 0 Å². The Morgan fingerprint density at radius 1 is 1.38 bits per heavy atom. The van der Waals surface area contributed by atoms with Crippen molar-refractivity contribution in [2.24, 2.45) is 5.92 Å². The normalized spacial score (nSPS) is 14.4. The van der Waals surface area contributed by atoms with Gasteiger partial charge in [0.1, 0.15) is 0 Å². The molecule has 0 aromatic heterocycles. The molecule has 0 aliphatic heterocycles. The third-order valence-corrected chi connectivity index (χ3v) is 2.82. The van der Waals surface area contributed by atoms with Gasteiger partial charge in [0.2, 0.25) is 0 Å². The van der Waals surface area contributed by atoms with Crippen LogP contribution in [-0.2, 0) is 4.74 Å². The highest BCUT2D eigenvalue weighted by molar-refractivity contribution is 4.86. The molecular weight excluding hydrogens is 198 g/mol. The van der Waals surface area contributed by atoms with E-state index in [-0.39, 0.29) is 6.10 Å². The molecule has 2 atom stereocenters. The summed E-state index contributed by atoms with van der Waals surface area (Å²) in [6.45, 7) is 8.92. The van der Waals surface area contributed by atoms with E-state index in [2.05, 4.69) is 32.0 Å². The fraction of sp³-hybridized carbons (Fsp3) is 0.857. The molecule has 0 amide bonds. The van der Waals surface area contributed by atoms with Crippen molar-refractivity contribution in [2.75, 3.05) is 19.7 Å². The smallest absolute Gasteiger partial charge is 0.0671 e.